The molecule has 0 bridgehead atoms. The summed E-state index contributed by atoms with van der Waals surface area (Å²) < 4.78 is 7.69. The van der Waals surface area contributed by atoms with Gasteiger partial charge in [-0.05, 0) is 69.1 Å². The van der Waals surface area contributed by atoms with Crippen LogP contribution in [0.1, 0.15) is 33.6 Å². The molecule has 1 aliphatic heterocycles. The third-order valence-corrected chi connectivity index (χ3v) is 5.11. The summed E-state index contributed by atoms with van der Waals surface area (Å²) in [4.78, 5) is 17.3. The number of aromatic nitrogens is 1. The van der Waals surface area contributed by atoms with Crippen molar-refractivity contribution >= 4 is 28.8 Å². The smallest absolute Gasteiger partial charge is 0.407 e. The Bertz CT molecular complexity index is 737. The number of pyridine rings is 1. The predicted octanol–water partition coefficient (Wildman–Crippen LogP) is 4.23. The maximum atomic E-state index is 11.9. The molecule has 1 saturated heterocycles. The van der Waals surface area contributed by atoms with E-state index in [4.69, 9.17) is 4.74 Å². The Labute approximate surface area is 153 Å². The minimum atomic E-state index is -0.452. The van der Waals surface area contributed by atoms with Crippen molar-refractivity contribution in [1.29, 1.82) is 0 Å². The SMILES string of the molecule is CC(C)(C)OC(=O)NC1CCN(Sc2ccc3cnccc3c2)CC1. The fourth-order valence-corrected chi connectivity index (χ4v) is 3.83. The van der Waals surface area contributed by atoms with Gasteiger partial charge >= 0.3 is 6.09 Å². The van der Waals surface area contributed by atoms with Crippen LogP contribution in [0.25, 0.3) is 10.8 Å². The maximum absolute atomic E-state index is 11.9. The molecule has 134 valence electrons. The molecule has 0 aliphatic carbocycles. The van der Waals surface area contributed by atoms with Crippen LogP contribution >= 0.6 is 11.9 Å². The van der Waals surface area contributed by atoms with Gasteiger partial charge in [-0.2, -0.15) is 0 Å². The molecule has 1 aliphatic rings. The molecule has 1 N–H and O–H groups in total. The molecule has 0 radical (unpaired) electrons. The van der Waals surface area contributed by atoms with E-state index in [1.807, 2.05) is 39.2 Å². The van der Waals surface area contributed by atoms with Gasteiger partial charge in [0.25, 0.3) is 0 Å². The molecule has 0 atom stereocenters. The van der Waals surface area contributed by atoms with Gasteiger partial charge in [-0.1, -0.05) is 6.07 Å². The zero-order valence-corrected chi connectivity index (χ0v) is 15.8. The number of hydrogen-bond acceptors (Lipinski definition) is 5. The molecular weight excluding hydrogens is 334 g/mol. The average Bonchev–Trinajstić information content (AvgIpc) is 2.55. The van der Waals surface area contributed by atoms with E-state index in [1.165, 1.54) is 10.3 Å². The molecule has 25 heavy (non-hydrogen) atoms. The summed E-state index contributed by atoms with van der Waals surface area (Å²) in [5.41, 5.74) is -0.452. The molecule has 2 heterocycles. The molecule has 1 aromatic carbocycles. The van der Waals surface area contributed by atoms with Gasteiger partial charge in [-0.25, -0.2) is 9.10 Å². The van der Waals surface area contributed by atoms with E-state index in [0.717, 1.165) is 31.3 Å². The Morgan fingerprint density at radius 2 is 2.00 bits per heavy atom. The second-order valence-corrected chi connectivity index (χ2v) is 8.50. The number of ether oxygens (including phenoxy) is 1. The molecule has 0 spiro atoms. The third kappa shape index (κ3) is 5.34. The lowest BCUT2D eigenvalue weighted by Crippen LogP contribution is -2.44. The van der Waals surface area contributed by atoms with Crippen LogP contribution in [0.15, 0.2) is 41.6 Å². The second kappa shape index (κ2) is 7.62. The summed E-state index contributed by atoms with van der Waals surface area (Å²) in [6.45, 7) is 7.53. The van der Waals surface area contributed by atoms with Gasteiger partial charge in [0.15, 0.2) is 0 Å². The van der Waals surface area contributed by atoms with Crippen molar-refractivity contribution in [2.75, 3.05) is 13.1 Å². The number of benzene rings is 1. The predicted molar refractivity (Wildman–Crippen MR) is 102 cm³/mol. The van der Waals surface area contributed by atoms with E-state index in [-0.39, 0.29) is 12.1 Å². The van der Waals surface area contributed by atoms with Gasteiger partial charge in [0.2, 0.25) is 0 Å². The molecule has 0 saturated carbocycles. The van der Waals surface area contributed by atoms with Gasteiger partial charge < -0.3 is 10.1 Å². The van der Waals surface area contributed by atoms with Crippen LogP contribution in [0, 0.1) is 0 Å². The molecule has 5 nitrogen and oxygen atoms in total. The van der Waals surface area contributed by atoms with Gasteiger partial charge in [0, 0.05) is 41.8 Å². The van der Waals surface area contributed by atoms with Crippen LogP contribution in [-0.4, -0.2) is 40.1 Å². The lowest BCUT2D eigenvalue weighted by atomic mass is 10.1. The van der Waals surface area contributed by atoms with Crippen molar-refractivity contribution < 1.29 is 9.53 Å². The Hall–Kier alpha value is -1.79. The first-order chi connectivity index (χ1) is 11.9. The first kappa shape index (κ1) is 18.0. The van der Waals surface area contributed by atoms with E-state index in [2.05, 4.69) is 32.8 Å². The van der Waals surface area contributed by atoms with Crippen LogP contribution in [0.2, 0.25) is 0 Å². The standard InChI is InChI=1S/C19H25N3O2S/c1-19(2,3)24-18(23)21-16-7-10-22(11-8-16)25-17-5-4-15-13-20-9-6-14(15)12-17/h4-6,9,12-13,16H,7-8,10-11H2,1-3H3,(H,21,23). The normalized spacial score (nSPS) is 16.8. The van der Waals surface area contributed by atoms with E-state index in [0.29, 0.717) is 0 Å². The summed E-state index contributed by atoms with van der Waals surface area (Å²) in [5, 5.41) is 5.35. The second-order valence-electron chi connectivity index (χ2n) is 7.33. The number of piperidine rings is 1. The van der Waals surface area contributed by atoms with Crippen molar-refractivity contribution in [2.45, 2.75) is 50.2 Å². The van der Waals surface area contributed by atoms with E-state index < -0.39 is 5.60 Å². The quantitative estimate of drug-likeness (QED) is 0.831. The number of hydrogen-bond donors (Lipinski definition) is 1. The largest absolute Gasteiger partial charge is 0.444 e. The Morgan fingerprint density at radius 1 is 1.24 bits per heavy atom. The topological polar surface area (TPSA) is 54.5 Å². The van der Waals surface area contributed by atoms with Crippen LogP contribution in [0.3, 0.4) is 0 Å². The molecule has 1 fully saturated rings. The summed E-state index contributed by atoms with van der Waals surface area (Å²) in [5.74, 6) is 0. The highest BCUT2D eigenvalue weighted by atomic mass is 32.2. The number of nitrogens with zero attached hydrogens (tertiary/aromatic N) is 2. The van der Waals surface area contributed by atoms with E-state index in [1.54, 1.807) is 11.9 Å². The van der Waals surface area contributed by atoms with E-state index >= 15 is 0 Å². The molecule has 6 heteroatoms. The number of fused-ring (bicyclic) bond motifs is 1. The van der Waals surface area contributed by atoms with Gasteiger partial charge in [0.05, 0.1) is 0 Å². The Morgan fingerprint density at radius 3 is 2.72 bits per heavy atom. The Kier molecular flexibility index (Phi) is 5.49. The third-order valence-electron chi connectivity index (χ3n) is 4.02. The van der Waals surface area contributed by atoms with Crippen molar-refractivity contribution in [1.82, 2.24) is 14.6 Å². The Balaban J connectivity index is 1.49. The van der Waals surface area contributed by atoms with Gasteiger partial charge in [-0.3, -0.25) is 4.98 Å². The number of amides is 1. The average molecular weight is 359 g/mol. The number of rotatable bonds is 3. The van der Waals surface area contributed by atoms with Gasteiger partial charge in [-0.15, -0.1) is 0 Å². The minimum Gasteiger partial charge on any atom is -0.444 e. The van der Waals surface area contributed by atoms with Crippen LogP contribution in [0.4, 0.5) is 4.79 Å². The summed E-state index contributed by atoms with van der Waals surface area (Å²) in [7, 11) is 0. The lowest BCUT2D eigenvalue weighted by molar-refractivity contribution is 0.0490. The maximum Gasteiger partial charge on any atom is 0.407 e. The first-order valence-electron chi connectivity index (χ1n) is 8.65. The number of alkyl carbamates (subject to hydrolysis) is 1. The highest BCUT2D eigenvalue weighted by Crippen LogP contribution is 2.28. The highest BCUT2D eigenvalue weighted by molar-refractivity contribution is 7.97. The zero-order chi connectivity index (χ0) is 17.9. The first-order valence-corrected chi connectivity index (χ1v) is 9.43. The highest BCUT2D eigenvalue weighted by Gasteiger charge is 2.24. The molecule has 2 aromatic rings. The molecule has 0 unspecified atom stereocenters. The zero-order valence-electron chi connectivity index (χ0n) is 15.0. The summed E-state index contributed by atoms with van der Waals surface area (Å²) in [6, 6.07) is 8.68. The van der Waals surface area contributed by atoms with E-state index in [9.17, 15) is 4.79 Å². The lowest BCUT2D eigenvalue weighted by Gasteiger charge is -2.32. The number of carbonyl (C=O) groups is 1. The van der Waals surface area contributed by atoms with Crippen molar-refractivity contribution in [3.63, 3.8) is 0 Å². The van der Waals surface area contributed by atoms with Crippen molar-refractivity contribution in [3.8, 4) is 0 Å². The fourth-order valence-electron chi connectivity index (χ4n) is 2.83. The molecule has 1 aromatic heterocycles. The van der Waals surface area contributed by atoms with Gasteiger partial charge in [0.1, 0.15) is 5.60 Å². The minimum absolute atomic E-state index is 0.189. The van der Waals surface area contributed by atoms with Crippen molar-refractivity contribution in [2.24, 2.45) is 0 Å². The summed E-state index contributed by atoms with van der Waals surface area (Å²) >= 11 is 1.78. The molecule has 3 rings (SSSR count). The fraction of sp³-hybridized carbons (Fsp3) is 0.474. The molecular formula is C19H25N3O2S. The van der Waals surface area contributed by atoms with Crippen molar-refractivity contribution in [3.05, 3.63) is 36.7 Å². The van der Waals surface area contributed by atoms with Crippen LogP contribution in [0.5, 0.6) is 0 Å². The monoisotopic (exact) mass is 359 g/mol. The summed E-state index contributed by atoms with van der Waals surface area (Å²) in [6.07, 6.45) is 5.26. The number of carbonyl (C=O) groups excluding carboxylic acids is 1. The number of nitrogens with one attached hydrogen (secondary N) is 1. The molecule has 1 amide bonds. The van der Waals surface area contributed by atoms with Crippen LogP contribution in [-0.2, 0) is 4.74 Å². The van der Waals surface area contributed by atoms with Crippen LogP contribution < -0.4 is 5.32 Å².